The minimum Gasteiger partial charge on any atom is -0.396 e. The molecule has 0 aliphatic rings. The lowest BCUT2D eigenvalue weighted by atomic mass is 10.0. The molecule has 0 heterocycles. The quantitative estimate of drug-likeness (QED) is 0.746. The first-order valence-electron chi connectivity index (χ1n) is 5.64. The second kappa shape index (κ2) is 6.28. The van der Waals surface area contributed by atoms with E-state index in [-0.39, 0.29) is 12.5 Å². The van der Waals surface area contributed by atoms with Crippen molar-refractivity contribution in [1.29, 1.82) is 0 Å². The van der Waals surface area contributed by atoms with Crippen LogP contribution in [0.25, 0.3) is 0 Å². The van der Waals surface area contributed by atoms with Gasteiger partial charge in [0.05, 0.1) is 0 Å². The van der Waals surface area contributed by atoms with Gasteiger partial charge in [-0.1, -0.05) is 26.0 Å². The average molecular weight is 221 g/mol. The zero-order valence-corrected chi connectivity index (χ0v) is 9.86. The highest BCUT2D eigenvalue weighted by Crippen LogP contribution is 2.14. The van der Waals surface area contributed by atoms with Crippen molar-refractivity contribution >= 4 is 5.91 Å². The maximum Gasteiger partial charge on any atom is 0.251 e. The van der Waals surface area contributed by atoms with Crippen molar-refractivity contribution in [3.05, 3.63) is 35.4 Å². The van der Waals surface area contributed by atoms with Crippen molar-refractivity contribution in [2.24, 2.45) is 0 Å². The molecule has 0 fully saturated rings. The molecule has 0 spiro atoms. The Kier molecular flexibility index (Phi) is 4.99. The van der Waals surface area contributed by atoms with E-state index in [1.54, 1.807) is 0 Å². The predicted octanol–water partition coefficient (Wildman–Crippen LogP) is 1.92. The van der Waals surface area contributed by atoms with Crippen LogP contribution in [-0.2, 0) is 0 Å². The Hall–Kier alpha value is -1.35. The van der Waals surface area contributed by atoms with Gasteiger partial charge in [-0.05, 0) is 30.0 Å². The van der Waals surface area contributed by atoms with Crippen LogP contribution in [0.2, 0.25) is 0 Å². The standard InChI is InChI=1S/C13H19NO2/c1-10(2)11-4-6-12(7-5-11)13(16)14-8-3-9-15/h4-7,10,15H,3,8-9H2,1-2H3,(H,14,16). The van der Waals surface area contributed by atoms with Gasteiger partial charge in [-0.15, -0.1) is 0 Å². The van der Waals surface area contributed by atoms with Gasteiger partial charge >= 0.3 is 0 Å². The fourth-order valence-corrected chi connectivity index (χ4v) is 1.40. The van der Waals surface area contributed by atoms with Crippen LogP contribution in [0.15, 0.2) is 24.3 Å². The van der Waals surface area contributed by atoms with Crippen molar-refractivity contribution < 1.29 is 9.90 Å². The molecular formula is C13H19NO2. The minimum atomic E-state index is -0.0799. The normalized spacial score (nSPS) is 10.5. The second-order valence-electron chi connectivity index (χ2n) is 4.11. The van der Waals surface area contributed by atoms with E-state index in [9.17, 15) is 4.79 Å². The molecule has 0 aliphatic heterocycles. The Morgan fingerprint density at radius 2 is 1.94 bits per heavy atom. The number of amides is 1. The molecule has 3 heteroatoms. The monoisotopic (exact) mass is 221 g/mol. The molecule has 0 aromatic heterocycles. The van der Waals surface area contributed by atoms with E-state index in [4.69, 9.17) is 5.11 Å². The molecule has 88 valence electrons. The topological polar surface area (TPSA) is 49.3 Å². The fraction of sp³-hybridized carbons (Fsp3) is 0.462. The van der Waals surface area contributed by atoms with Crippen LogP contribution in [0, 0.1) is 0 Å². The number of hydrogen-bond donors (Lipinski definition) is 2. The van der Waals surface area contributed by atoms with Crippen LogP contribution in [-0.4, -0.2) is 24.2 Å². The number of benzene rings is 1. The molecule has 1 aromatic carbocycles. The molecule has 1 rings (SSSR count). The highest BCUT2D eigenvalue weighted by molar-refractivity contribution is 5.94. The molecule has 0 saturated carbocycles. The molecule has 1 aromatic rings. The summed E-state index contributed by atoms with van der Waals surface area (Å²) in [5, 5.41) is 11.3. The number of hydrogen-bond acceptors (Lipinski definition) is 2. The van der Waals surface area contributed by atoms with Crippen molar-refractivity contribution in [2.75, 3.05) is 13.2 Å². The summed E-state index contributed by atoms with van der Waals surface area (Å²) in [6, 6.07) is 7.63. The molecule has 0 atom stereocenters. The highest BCUT2D eigenvalue weighted by Gasteiger charge is 2.05. The first kappa shape index (κ1) is 12.7. The number of nitrogens with one attached hydrogen (secondary N) is 1. The number of carbonyl (C=O) groups excluding carboxylic acids is 1. The van der Waals surface area contributed by atoms with Crippen molar-refractivity contribution in [3.8, 4) is 0 Å². The van der Waals surface area contributed by atoms with Gasteiger partial charge in [-0.3, -0.25) is 4.79 Å². The number of aliphatic hydroxyl groups is 1. The number of carbonyl (C=O) groups is 1. The maximum absolute atomic E-state index is 11.6. The van der Waals surface area contributed by atoms with Crippen LogP contribution in [0.1, 0.15) is 42.1 Å². The van der Waals surface area contributed by atoms with Gasteiger partial charge in [-0.25, -0.2) is 0 Å². The van der Waals surface area contributed by atoms with Crippen LogP contribution in [0.3, 0.4) is 0 Å². The van der Waals surface area contributed by atoms with Gasteiger partial charge in [0.1, 0.15) is 0 Å². The SMILES string of the molecule is CC(C)c1ccc(C(=O)NCCCO)cc1. The molecule has 0 aliphatic carbocycles. The lowest BCUT2D eigenvalue weighted by molar-refractivity contribution is 0.0951. The Balaban J connectivity index is 2.56. The molecule has 0 unspecified atom stereocenters. The molecule has 0 bridgehead atoms. The van der Waals surface area contributed by atoms with E-state index >= 15 is 0 Å². The third-order valence-electron chi connectivity index (χ3n) is 2.46. The Morgan fingerprint density at radius 3 is 2.44 bits per heavy atom. The Bertz CT molecular complexity index is 330. The summed E-state index contributed by atoms with van der Waals surface area (Å²) in [6.45, 7) is 4.86. The smallest absolute Gasteiger partial charge is 0.251 e. The van der Waals surface area contributed by atoms with Crippen LogP contribution < -0.4 is 5.32 Å². The third-order valence-corrected chi connectivity index (χ3v) is 2.46. The molecule has 2 N–H and O–H groups in total. The van der Waals surface area contributed by atoms with Crippen molar-refractivity contribution in [2.45, 2.75) is 26.2 Å². The summed E-state index contributed by atoms with van der Waals surface area (Å²) in [6.07, 6.45) is 0.593. The van der Waals surface area contributed by atoms with Gasteiger partial charge < -0.3 is 10.4 Å². The summed E-state index contributed by atoms with van der Waals surface area (Å²) < 4.78 is 0. The van der Waals surface area contributed by atoms with Crippen molar-refractivity contribution in [1.82, 2.24) is 5.32 Å². The van der Waals surface area contributed by atoms with Crippen molar-refractivity contribution in [3.63, 3.8) is 0 Å². The van der Waals surface area contributed by atoms with Gasteiger partial charge in [0.2, 0.25) is 0 Å². The van der Waals surface area contributed by atoms with Gasteiger partial charge in [-0.2, -0.15) is 0 Å². The summed E-state index contributed by atoms with van der Waals surface area (Å²) in [7, 11) is 0. The largest absolute Gasteiger partial charge is 0.396 e. The van der Waals surface area contributed by atoms with Crippen LogP contribution in [0.4, 0.5) is 0 Å². The Labute approximate surface area is 96.5 Å². The van der Waals surface area contributed by atoms with Gasteiger partial charge in [0.25, 0.3) is 5.91 Å². The Morgan fingerprint density at radius 1 is 1.31 bits per heavy atom. The van der Waals surface area contributed by atoms with Crippen LogP contribution in [0.5, 0.6) is 0 Å². The molecule has 0 saturated heterocycles. The minimum absolute atomic E-state index is 0.0799. The maximum atomic E-state index is 11.6. The first-order valence-corrected chi connectivity index (χ1v) is 5.64. The molecule has 0 radical (unpaired) electrons. The van der Waals surface area contributed by atoms with Gasteiger partial charge in [0.15, 0.2) is 0 Å². The highest BCUT2D eigenvalue weighted by atomic mass is 16.3. The number of aliphatic hydroxyl groups excluding tert-OH is 1. The van der Waals surface area contributed by atoms with E-state index in [1.807, 2.05) is 24.3 Å². The summed E-state index contributed by atoms with van der Waals surface area (Å²) in [5.74, 6) is 0.398. The lowest BCUT2D eigenvalue weighted by Crippen LogP contribution is -2.24. The molecule has 1 amide bonds. The third kappa shape index (κ3) is 3.66. The average Bonchev–Trinajstić information content (AvgIpc) is 2.29. The zero-order chi connectivity index (χ0) is 12.0. The molecule has 16 heavy (non-hydrogen) atoms. The van der Waals surface area contributed by atoms with E-state index in [0.29, 0.717) is 24.4 Å². The van der Waals surface area contributed by atoms with Crippen LogP contribution >= 0.6 is 0 Å². The summed E-state index contributed by atoms with van der Waals surface area (Å²) >= 11 is 0. The van der Waals surface area contributed by atoms with E-state index in [2.05, 4.69) is 19.2 Å². The summed E-state index contributed by atoms with van der Waals surface area (Å²) in [5.41, 5.74) is 1.90. The molecular weight excluding hydrogens is 202 g/mol. The lowest BCUT2D eigenvalue weighted by Gasteiger charge is -2.07. The number of rotatable bonds is 5. The predicted molar refractivity (Wildman–Crippen MR) is 64.6 cm³/mol. The second-order valence-corrected chi connectivity index (χ2v) is 4.11. The summed E-state index contributed by atoms with van der Waals surface area (Å²) in [4.78, 5) is 11.6. The van der Waals surface area contributed by atoms with E-state index in [0.717, 1.165) is 0 Å². The zero-order valence-electron chi connectivity index (χ0n) is 9.86. The fourth-order valence-electron chi connectivity index (χ4n) is 1.40. The van der Waals surface area contributed by atoms with E-state index < -0.39 is 0 Å². The van der Waals surface area contributed by atoms with Gasteiger partial charge in [0, 0.05) is 18.7 Å². The molecule has 3 nitrogen and oxygen atoms in total. The van der Waals surface area contributed by atoms with E-state index in [1.165, 1.54) is 5.56 Å². The first-order chi connectivity index (χ1) is 7.65.